The second-order valence-electron chi connectivity index (χ2n) is 8.53. The summed E-state index contributed by atoms with van der Waals surface area (Å²) >= 11 is 2.00. The summed E-state index contributed by atoms with van der Waals surface area (Å²) in [4.78, 5) is 10.2. The molecule has 3 aliphatic heterocycles. The highest BCUT2D eigenvalue weighted by atomic mass is 32.1. The Hall–Kier alpha value is -1.47. The van der Waals surface area contributed by atoms with Crippen LogP contribution in [0.1, 0.15) is 47.1 Å². The molecule has 0 aromatic carbocycles. The number of pyridine rings is 1. The molecule has 1 atom stereocenters. The molecule has 6 heteroatoms. The van der Waals surface area contributed by atoms with E-state index in [4.69, 9.17) is 9.47 Å². The van der Waals surface area contributed by atoms with E-state index >= 15 is 0 Å². The maximum absolute atomic E-state index is 6.42. The molecular formula is C23H31N3O2S. The lowest BCUT2D eigenvalue weighted by Gasteiger charge is -2.44. The summed E-state index contributed by atoms with van der Waals surface area (Å²) in [6, 6.07) is 7.14. The third-order valence-corrected chi connectivity index (χ3v) is 7.92. The Morgan fingerprint density at radius 2 is 2.17 bits per heavy atom. The minimum Gasteiger partial charge on any atom is -0.379 e. The van der Waals surface area contributed by atoms with Crippen LogP contribution in [0.4, 0.5) is 5.82 Å². The van der Waals surface area contributed by atoms with Crippen LogP contribution in [0, 0.1) is 0 Å². The molecule has 0 saturated carbocycles. The van der Waals surface area contributed by atoms with Crippen molar-refractivity contribution in [3.63, 3.8) is 0 Å². The second kappa shape index (κ2) is 8.34. The van der Waals surface area contributed by atoms with Crippen molar-refractivity contribution >= 4 is 17.2 Å². The highest BCUT2D eigenvalue weighted by Crippen LogP contribution is 2.44. The van der Waals surface area contributed by atoms with E-state index in [1.165, 1.54) is 16.0 Å². The molecule has 1 spiro atoms. The minimum absolute atomic E-state index is 0.0383. The zero-order chi connectivity index (χ0) is 19.7. The average Bonchev–Trinajstić information content (AvgIpc) is 3.41. The van der Waals surface area contributed by atoms with Gasteiger partial charge in [0.1, 0.15) is 5.82 Å². The van der Waals surface area contributed by atoms with Gasteiger partial charge in [-0.25, -0.2) is 4.98 Å². The second-order valence-corrected chi connectivity index (χ2v) is 9.75. The topological polar surface area (TPSA) is 46.6 Å². The zero-order valence-electron chi connectivity index (χ0n) is 17.3. The van der Waals surface area contributed by atoms with Crippen LogP contribution in [-0.4, -0.2) is 48.8 Å². The third-order valence-electron chi connectivity index (χ3n) is 6.58. The van der Waals surface area contributed by atoms with Crippen molar-refractivity contribution in [2.45, 2.75) is 57.2 Å². The predicted octanol–water partition coefficient (Wildman–Crippen LogP) is 3.97. The Bertz CT molecular complexity index is 821. The number of rotatable bonds is 5. The normalized spacial score (nSPS) is 24.0. The van der Waals surface area contributed by atoms with Crippen LogP contribution in [-0.2, 0) is 34.5 Å². The number of piperidine rings is 1. The Morgan fingerprint density at radius 1 is 1.28 bits per heavy atom. The molecule has 5 rings (SSSR count). The van der Waals surface area contributed by atoms with Gasteiger partial charge in [-0.15, -0.1) is 11.3 Å². The van der Waals surface area contributed by atoms with E-state index in [0.717, 1.165) is 77.4 Å². The molecule has 5 heterocycles. The summed E-state index contributed by atoms with van der Waals surface area (Å²) in [6.45, 7) is 7.89. The number of hydrogen-bond donors (Lipinski definition) is 1. The van der Waals surface area contributed by atoms with E-state index in [-0.39, 0.29) is 5.60 Å². The van der Waals surface area contributed by atoms with Crippen molar-refractivity contribution in [2.75, 3.05) is 38.2 Å². The van der Waals surface area contributed by atoms with E-state index in [1.807, 2.05) is 17.5 Å². The number of fused-ring (bicyclic) bond motifs is 2. The lowest BCUT2D eigenvalue weighted by atomic mass is 9.82. The van der Waals surface area contributed by atoms with Crippen molar-refractivity contribution in [3.05, 3.63) is 45.3 Å². The Balaban J connectivity index is 1.19. The van der Waals surface area contributed by atoms with Crippen LogP contribution < -0.4 is 5.32 Å². The van der Waals surface area contributed by atoms with Gasteiger partial charge < -0.3 is 14.8 Å². The number of aromatic nitrogens is 1. The Labute approximate surface area is 177 Å². The molecule has 5 nitrogen and oxygen atoms in total. The fourth-order valence-corrected chi connectivity index (χ4v) is 6.03. The number of nitrogens with zero attached hydrogens (tertiary/aromatic N) is 2. The first-order valence-corrected chi connectivity index (χ1v) is 11.8. The van der Waals surface area contributed by atoms with Crippen molar-refractivity contribution in [2.24, 2.45) is 0 Å². The van der Waals surface area contributed by atoms with Gasteiger partial charge in [-0.2, -0.15) is 0 Å². The van der Waals surface area contributed by atoms with Crippen molar-refractivity contribution in [3.8, 4) is 0 Å². The maximum Gasteiger partial charge on any atom is 0.126 e. The first-order valence-electron chi connectivity index (χ1n) is 11.0. The van der Waals surface area contributed by atoms with E-state index in [9.17, 15) is 0 Å². The SMILES string of the molecule is CCc1cc2c(s1)CCOC21CCN(Cc2ccc(NC3CCOC3)nc2)CC1. The molecule has 3 aliphatic rings. The van der Waals surface area contributed by atoms with Crippen LogP contribution >= 0.6 is 11.3 Å². The van der Waals surface area contributed by atoms with Gasteiger partial charge in [0.2, 0.25) is 0 Å². The number of aryl methyl sites for hydroxylation is 1. The highest BCUT2D eigenvalue weighted by molar-refractivity contribution is 7.12. The van der Waals surface area contributed by atoms with Crippen LogP contribution in [0.5, 0.6) is 0 Å². The van der Waals surface area contributed by atoms with Crippen molar-refractivity contribution < 1.29 is 9.47 Å². The smallest absolute Gasteiger partial charge is 0.126 e. The largest absolute Gasteiger partial charge is 0.379 e. The number of nitrogens with one attached hydrogen (secondary N) is 1. The lowest BCUT2D eigenvalue weighted by Crippen LogP contribution is -2.45. The molecular weight excluding hydrogens is 382 g/mol. The molecule has 2 fully saturated rings. The third kappa shape index (κ3) is 4.08. The Morgan fingerprint density at radius 3 is 2.90 bits per heavy atom. The first kappa shape index (κ1) is 19.5. The van der Waals surface area contributed by atoms with E-state index in [0.29, 0.717) is 6.04 Å². The first-order chi connectivity index (χ1) is 14.2. The van der Waals surface area contributed by atoms with Gasteiger partial charge in [-0.05, 0) is 48.9 Å². The molecule has 2 aromatic rings. The summed E-state index contributed by atoms with van der Waals surface area (Å²) in [7, 11) is 0. The Kier molecular flexibility index (Phi) is 5.61. The zero-order valence-corrected chi connectivity index (χ0v) is 18.1. The van der Waals surface area contributed by atoms with Crippen LogP contribution in [0.2, 0.25) is 0 Å². The summed E-state index contributed by atoms with van der Waals surface area (Å²) in [5, 5.41) is 3.46. The molecule has 0 bridgehead atoms. The number of ether oxygens (including phenoxy) is 2. The molecule has 1 unspecified atom stereocenters. The highest BCUT2D eigenvalue weighted by Gasteiger charge is 2.41. The molecule has 0 amide bonds. The van der Waals surface area contributed by atoms with Gasteiger partial charge in [-0.3, -0.25) is 4.90 Å². The number of thiophene rings is 1. The molecule has 29 heavy (non-hydrogen) atoms. The van der Waals surface area contributed by atoms with Crippen LogP contribution in [0.3, 0.4) is 0 Å². The number of anilines is 1. The van der Waals surface area contributed by atoms with Gasteiger partial charge in [-0.1, -0.05) is 13.0 Å². The van der Waals surface area contributed by atoms with Crippen LogP contribution in [0.15, 0.2) is 24.4 Å². The van der Waals surface area contributed by atoms with E-state index in [2.05, 4.69) is 40.3 Å². The monoisotopic (exact) mass is 413 g/mol. The minimum atomic E-state index is -0.0383. The fourth-order valence-electron chi connectivity index (χ4n) is 4.85. The predicted molar refractivity (Wildman–Crippen MR) is 117 cm³/mol. The number of likely N-dealkylation sites (tertiary alicyclic amines) is 1. The quantitative estimate of drug-likeness (QED) is 0.804. The summed E-state index contributed by atoms with van der Waals surface area (Å²) in [6.07, 6.45) is 7.48. The van der Waals surface area contributed by atoms with E-state index < -0.39 is 0 Å². The summed E-state index contributed by atoms with van der Waals surface area (Å²) in [5.41, 5.74) is 2.74. The molecule has 2 saturated heterocycles. The van der Waals surface area contributed by atoms with Gasteiger partial charge in [0.25, 0.3) is 0 Å². The fraction of sp³-hybridized carbons (Fsp3) is 0.609. The van der Waals surface area contributed by atoms with Gasteiger partial charge >= 0.3 is 0 Å². The molecule has 156 valence electrons. The van der Waals surface area contributed by atoms with Gasteiger partial charge in [0, 0.05) is 48.6 Å². The number of hydrogen-bond acceptors (Lipinski definition) is 6. The van der Waals surface area contributed by atoms with Gasteiger partial charge in [0.05, 0.1) is 24.9 Å². The molecule has 0 aliphatic carbocycles. The maximum atomic E-state index is 6.42. The molecule has 0 radical (unpaired) electrons. The van der Waals surface area contributed by atoms with Crippen molar-refractivity contribution in [1.82, 2.24) is 9.88 Å². The molecule has 2 aromatic heterocycles. The van der Waals surface area contributed by atoms with Gasteiger partial charge in [0.15, 0.2) is 0 Å². The standard InChI is InChI=1S/C23H31N3O2S/c1-2-19-13-20-21(29-19)6-12-28-23(20)7-9-26(10-8-23)15-17-3-4-22(24-14-17)25-18-5-11-27-16-18/h3-4,13-14,18H,2,5-12,15-16H2,1H3,(H,24,25). The summed E-state index contributed by atoms with van der Waals surface area (Å²) < 4.78 is 11.8. The van der Waals surface area contributed by atoms with Crippen LogP contribution in [0.25, 0.3) is 0 Å². The molecule has 1 N–H and O–H groups in total. The summed E-state index contributed by atoms with van der Waals surface area (Å²) in [5.74, 6) is 0.953. The lowest BCUT2D eigenvalue weighted by molar-refractivity contribution is -0.0981. The van der Waals surface area contributed by atoms with E-state index in [1.54, 1.807) is 4.88 Å². The van der Waals surface area contributed by atoms with Crippen molar-refractivity contribution in [1.29, 1.82) is 0 Å². The average molecular weight is 414 g/mol.